The van der Waals surface area contributed by atoms with Crippen molar-refractivity contribution in [1.82, 2.24) is 10.3 Å². The summed E-state index contributed by atoms with van der Waals surface area (Å²) in [5, 5.41) is 6.90. The van der Waals surface area contributed by atoms with Gasteiger partial charge in [0.05, 0.1) is 5.52 Å². The number of ether oxygens (including phenoxy) is 1. The van der Waals surface area contributed by atoms with Crippen LogP contribution >= 0.6 is 0 Å². The molecule has 1 aromatic heterocycles. The molecule has 6 heteroatoms. The molecule has 1 aliphatic rings. The Kier molecular flexibility index (Phi) is 4.96. The zero-order valence-corrected chi connectivity index (χ0v) is 15.7. The van der Waals surface area contributed by atoms with Crippen LogP contribution in [0.1, 0.15) is 19.8 Å². The molecule has 0 saturated carbocycles. The third-order valence-corrected chi connectivity index (χ3v) is 5.27. The molecule has 0 atom stereocenters. The topological polar surface area (TPSA) is 63.2 Å². The predicted molar refractivity (Wildman–Crippen MR) is 107 cm³/mol. The van der Waals surface area contributed by atoms with E-state index in [0.717, 1.165) is 36.8 Å². The number of halogens is 1. The van der Waals surface area contributed by atoms with E-state index in [4.69, 9.17) is 4.74 Å². The van der Waals surface area contributed by atoms with Crippen LogP contribution in [0.15, 0.2) is 54.7 Å². The second-order valence-corrected chi connectivity index (χ2v) is 7.34. The summed E-state index contributed by atoms with van der Waals surface area (Å²) in [6.45, 7) is 3.57. The molecule has 2 heterocycles. The van der Waals surface area contributed by atoms with Crippen LogP contribution in [0.25, 0.3) is 10.9 Å². The summed E-state index contributed by atoms with van der Waals surface area (Å²) >= 11 is 0. The Balaban J connectivity index is 1.52. The van der Waals surface area contributed by atoms with Crippen molar-refractivity contribution in [3.8, 4) is 11.5 Å². The lowest BCUT2D eigenvalue weighted by molar-refractivity contribution is -0.126. The maximum absolute atomic E-state index is 14.6. The van der Waals surface area contributed by atoms with E-state index in [-0.39, 0.29) is 11.7 Å². The van der Waals surface area contributed by atoms with Crippen LogP contribution in [-0.4, -0.2) is 24.0 Å². The van der Waals surface area contributed by atoms with Crippen molar-refractivity contribution in [1.29, 1.82) is 0 Å². The minimum absolute atomic E-state index is 0.0813. The summed E-state index contributed by atoms with van der Waals surface area (Å²) in [6.07, 6.45) is 3.15. The molecule has 0 spiro atoms. The first kappa shape index (κ1) is 18.4. The smallest absolute Gasteiger partial charge is 0.230 e. The summed E-state index contributed by atoms with van der Waals surface area (Å²) in [5.41, 5.74) is 0.765. The molecule has 1 aliphatic heterocycles. The second-order valence-electron chi connectivity index (χ2n) is 7.34. The molecule has 1 fully saturated rings. The van der Waals surface area contributed by atoms with E-state index in [0.29, 0.717) is 11.4 Å². The molecule has 28 heavy (non-hydrogen) atoms. The average molecular weight is 379 g/mol. The van der Waals surface area contributed by atoms with Gasteiger partial charge in [0.15, 0.2) is 11.6 Å². The van der Waals surface area contributed by atoms with Crippen molar-refractivity contribution in [2.24, 2.45) is 5.41 Å². The van der Waals surface area contributed by atoms with Crippen LogP contribution in [0.5, 0.6) is 11.5 Å². The van der Waals surface area contributed by atoms with Gasteiger partial charge in [0.1, 0.15) is 5.75 Å². The molecule has 2 aromatic carbocycles. The van der Waals surface area contributed by atoms with Gasteiger partial charge in [-0.15, -0.1) is 0 Å². The molecular weight excluding hydrogens is 357 g/mol. The molecule has 0 aliphatic carbocycles. The van der Waals surface area contributed by atoms with E-state index >= 15 is 0 Å². The molecule has 0 radical (unpaired) electrons. The highest BCUT2D eigenvalue weighted by molar-refractivity contribution is 5.95. The number of benzene rings is 2. The lowest BCUT2D eigenvalue weighted by Crippen LogP contribution is -2.42. The van der Waals surface area contributed by atoms with Crippen LogP contribution in [0.3, 0.4) is 0 Å². The van der Waals surface area contributed by atoms with Gasteiger partial charge in [-0.1, -0.05) is 19.1 Å². The number of rotatable bonds is 4. The number of nitrogens with one attached hydrogen (secondary N) is 2. The summed E-state index contributed by atoms with van der Waals surface area (Å²) in [5.74, 6) is 0.0160. The fourth-order valence-corrected chi connectivity index (χ4v) is 3.43. The zero-order chi connectivity index (χ0) is 19.6. The van der Waals surface area contributed by atoms with Crippen molar-refractivity contribution in [2.45, 2.75) is 19.8 Å². The highest BCUT2D eigenvalue weighted by atomic mass is 19.1. The molecule has 3 aromatic rings. The minimum atomic E-state index is -0.533. The normalized spacial score (nSPS) is 15.9. The number of para-hydroxylation sites is 1. The number of aromatic nitrogens is 1. The number of anilines is 1. The number of hydrogen-bond acceptors (Lipinski definition) is 4. The zero-order valence-electron chi connectivity index (χ0n) is 15.7. The lowest BCUT2D eigenvalue weighted by Gasteiger charge is -2.32. The monoisotopic (exact) mass is 379 g/mol. The Hall–Kier alpha value is -2.99. The van der Waals surface area contributed by atoms with Crippen LogP contribution < -0.4 is 15.4 Å². The standard InChI is InChI=1S/C22H22FN3O2/c1-22(9-12-24-13-10-22)21(27)26-15-6-7-20(17(23)14-15)28-19-8-11-25-18-5-3-2-4-16(18)19/h2-8,11,14,24H,9-10,12-13H2,1H3,(H,26,27). The molecule has 4 rings (SSSR count). The number of hydrogen-bond donors (Lipinski definition) is 2. The van der Waals surface area contributed by atoms with Crippen LogP contribution in [0.4, 0.5) is 10.1 Å². The number of carbonyl (C=O) groups is 1. The lowest BCUT2D eigenvalue weighted by atomic mass is 9.80. The van der Waals surface area contributed by atoms with E-state index in [9.17, 15) is 9.18 Å². The second kappa shape index (κ2) is 7.56. The van der Waals surface area contributed by atoms with E-state index in [1.165, 1.54) is 12.1 Å². The van der Waals surface area contributed by atoms with E-state index in [1.807, 2.05) is 31.2 Å². The molecule has 5 nitrogen and oxygen atoms in total. The molecule has 0 bridgehead atoms. The van der Waals surface area contributed by atoms with Crippen LogP contribution in [0, 0.1) is 11.2 Å². The molecule has 2 N–H and O–H groups in total. The van der Waals surface area contributed by atoms with E-state index in [1.54, 1.807) is 18.3 Å². The van der Waals surface area contributed by atoms with Gasteiger partial charge >= 0.3 is 0 Å². The van der Waals surface area contributed by atoms with Gasteiger partial charge in [-0.3, -0.25) is 9.78 Å². The van der Waals surface area contributed by atoms with Crippen molar-refractivity contribution in [3.05, 3.63) is 60.5 Å². The first-order valence-corrected chi connectivity index (χ1v) is 9.38. The largest absolute Gasteiger partial charge is 0.454 e. The Bertz CT molecular complexity index is 1010. The SMILES string of the molecule is CC1(C(=O)Nc2ccc(Oc3ccnc4ccccc34)c(F)c2)CCNCC1. The van der Waals surface area contributed by atoms with Crippen molar-refractivity contribution in [3.63, 3.8) is 0 Å². The Morgan fingerprint density at radius 1 is 1.14 bits per heavy atom. The molecular formula is C22H22FN3O2. The summed E-state index contributed by atoms with van der Waals surface area (Å²) < 4.78 is 20.4. The van der Waals surface area contributed by atoms with Gasteiger partial charge < -0.3 is 15.4 Å². The molecule has 1 saturated heterocycles. The minimum Gasteiger partial charge on any atom is -0.454 e. The number of carbonyl (C=O) groups excluding carboxylic acids is 1. The van der Waals surface area contributed by atoms with Crippen LogP contribution in [-0.2, 0) is 4.79 Å². The Morgan fingerprint density at radius 3 is 2.71 bits per heavy atom. The average Bonchev–Trinajstić information content (AvgIpc) is 2.71. The molecule has 0 unspecified atom stereocenters. The third-order valence-electron chi connectivity index (χ3n) is 5.27. The van der Waals surface area contributed by atoms with E-state index < -0.39 is 11.2 Å². The number of piperidine rings is 1. The quantitative estimate of drug-likeness (QED) is 0.701. The number of fused-ring (bicyclic) bond motifs is 1. The van der Waals surface area contributed by atoms with Crippen LogP contribution in [0.2, 0.25) is 0 Å². The maximum atomic E-state index is 14.6. The highest BCUT2D eigenvalue weighted by Gasteiger charge is 2.34. The number of nitrogens with zero attached hydrogens (tertiary/aromatic N) is 1. The van der Waals surface area contributed by atoms with Gasteiger partial charge in [-0.2, -0.15) is 0 Å². The molecule has 144 valence electrons. The van der Waals surface area contributed by atoms with Gasteiger partial charge in [0.2, 0.25) is 5.91 Å². The summed E-state index contributed by atoms with van der Waals surface area (Å²) in [4.78, 5) is 16.9. The fraction of sp³-hybridized carbons (Fsp3) is 0.273. The van der Waals surface area contributed by atoms with Crippen molar-refractivity contribution < 1.29 is 13.9 Å². The molecule has 1 amide bonds. The first-order valence-electron chi connectivity index (χ1n) is 9.38. The summed E-state index contributed by atoms with van der Waals surface area (Å²) in [7, 11) is 0. The van der Waals surface area contributed by atoms with Gasteiger partial charge in [0.25, 0.3) is 0 Å². The number of pyridine rings is 1. The predicted octanol–water partition coefficient (Wildman–Crippen LogP) is 4.49. The fourth-order valence-electron chi connectivity index (χ4n) is 3.43. The van der Waals surface area contributed by atoms with Gasteiger partial charge in [0, 0.05) is 28.8 Å². The summed E-state index contributed by atoms with van der Waals surface area (Å²) in [6, 6.07) is 13.7. The van der Waals surface area contributed by atoms with Gasteiger partial charge in [-0.05, 0) is 56.3 Å². The Labute approximate surface area is 162 Å². The van der Waals surface area contributed by atoms with Gasteiger partial charge in [-0.25, -0.2) is 4.39 Å². The highest BCUT2D eigenvalue weighted by Crippen LogP contribution is 2.33. The van der Waals surface area contributed by atoms with Crippen molar-refractivity contribution >= 4 is 22.5 Å². The third kappa shape index (κ3) is 3.68. The first-order chi connectivity index (χ1) is 13.5. The Morgan fingerprint density at radius 2 is 1.93 bits per heavy atom. The van der Waals surface area contributed by atoms with Crippen molar-refractivity contribution in [2.75, 3.05) is 18.4 Å². The number of amides is 1. The van der Waals surface area contributed by atoms with E-state index in [2.05, 4.69) is 15.6 Å². The maximum Gasteiger partial charge on any atom is 0.230 e.